The molecule has 29 heavy (non-hydrogen) atoms. The molecule has 0 aromatic heterocycles. The zero-order chi connectivity index (χ0) is 20.9. The van der Waals surface area contributed by atoms with Gasteiger partial charge >= 0.3 is 5.97 Å². The van der Waals surface area contributed by atoms with E-state index in [1.807, 2.05) is 19.1 Å². The van der Waals surface area contributed by atoms with Crippen molar-refractivity contribution in [3.8, 4) is 5.75 Å². The van der Waals surface area contributed by atoms with Crippen molar-refractivity contribution in [2.45, 2.75) is 91.1 Å². The molecule has 1 aliphatic carbocycles. The zero-order valence-electron chi connectivity index (χ0n) is 18.7. The average Bonchev–Trinajstić information content (AvgIpc) is 2.73. The van der Waals surface area contributed by atoms with Crippen LogP contribution in [0.25, 0.3) is 0 Å². The Bertz CT molecular complexity index is 597. The third kappa shape index (κ3) is 9.06. The van der Waals surface area contributed by atoms with Crippen molar-refractivity contribution in [1.82, 2.24) is 0 Å². The zero-order valence-corrected chi connectivity index (χ0v) is 18.7. The van der Waals surface area contributed by atoms with E-state index in [0.717, 1.165) is 24.5 Å². The summed E-state index contributed by atoms with van der Waals surface area (Å²) in [6.45, 7) is 6.88. The largest absolute Gasteiger partial charge is 0.490 e. The average molecular weight is 401 g/mol. The molecular formula is C26H40O3. The molecule has 0 bridgehead atoms. The Balaban J connectivity index is 1.65. The van der Waals surface area contributed by atoms with Gasteiger partial charge in [0.2, 0.25) is 0 Å². The van der Waals surface area contributed by atoms with Gasteiger partial charge in [0.1, 0.15) is 12.4 Å². The van der Waals surface area contributed by atoms with E-state index in [0.29, 0.717) is 18.1 Å². The molecule has 0 N–H and O–H groups in total. The number of hydrogen-bond acceptors (Lipinski definition) is 3. The molecule has 1 aromatic rings. The molecule has 3 heteroatoms. The fourth-order valence-corrected chi connectivity index (χ4v) is 4.15. The van der Waals surface area contributed by atoms with E-state index in [-0.39, 0.29) is 12.1 Å². The molecule has 1 atom stereocenters. The molecule has 0 spiro atoms. The van der Waals surface area contributed by atoms with Gasteiger partial charge in [-0.2, -0.15) is 0 Å². The minimum atomic E-state index is -0.261. The molecule has 3 nitrogen and oxygen atoms in total. The van der Waals surface area contributed by atoms with Gasteiger partial charge in [-0.3, -0.25) is 0 Å². The van der Waals surface area contributed by atoms with Crippen LogP contribution in [-0.4, -0.2) is 18.7 Å². The van der Waals surface area contributed by atoms with Crippen LogP contribution in [0.5, 0.6) is 5.75 Å². The monoisotopic (exact) mass is 400 g/mol. The van der Waals surface area contributed by atoms with Crippen molar-refractivity contribution in [3.05, 3.63) is 42.0 Å². The first kappa shape index (κ1) is 23.5. The van der Waals surface area contributed by atoms with Crippen LogP contribution in [0.1, 0.15) is 95.3 Å². The van der Waals surface area contributed by atoms with Crippen molar-refractivity contribution in [2.24, 2.45) is 11.8 Å². The smallest absolute Gasteiger partial charge is 0.338 e. The number of allylic oxidation sites excluding steroid dienone is 1. The highest BCUT2D eigenvalue weighted by Gasteiger charge is 2.18. The van der Waals surface area contributed by atoms with E-state index in [4.69, 9.17) is 9.47 Å². The summed E-state index contributed by atoms with van der Waals surface area (Å²) >= 11 is 0. The Morgan fingerprint density at radius 1 is 1.07 bits per heavy atom. The van der Waals surface area contributed by atoms with Crippen LogP contribution in [0, 0.1) is 11.8 Å². The summed E-state index contributed by atoms with van der Waals surface area (Å²) in [5, 5.41) is 0. The van der Waals surface area contributed by atoms with Crippen molar-refractivity contribution >= 4 is 5.97 Å². The Morgan fingerprint density at radius 2 is 1.79 bits per heavy atom. The van der Waals surface area contributed by atoms with Crippen molar-refractivity contribution in [3.63, 3.8) is 0 Å². The SMILES string of the molecule is CCCCCC1CCC(/C=C/COc2ccc(C(=O)OC(C)CCC)cc2)CC1. The first-order valence-corrected chi connectivity index (χ1v) is 11.7. The summed E-state index contributed by atoms with van der Waals surface area (Å²) in [5.41, 5.74) is 0.576. The predicted octanol–water partition coefficient (Wildman–Crippen LogP) is 7.35. The predicted molar refractivity (Wildman–Crippen MR) is 120 cm³/mol. The minimum Gasteiger partial charge on any atom is -0.490 e. The highest BCUT2D eigenvalue weighted by molar-refractivity contribution is 5.89. The summed E-state index contributed by atoms with van der Waals surface area (Å²) in [5.74, 6) is 2.19. The fourth-order valence-electron chi connectivity index (χ4n) is 4.15. The molecule has 1 aromatic carbocycles. The Morgan fingerprint density at radius 3 is 2.45 bits per heavy atom. The Hall–Kier alpha value is -1.77. The number of carbonyl (C=O) groups is 1. The third-order valence-electron chi connectivity index (χ3n) is 5.96. The lowest BCUT2D eigenvalue weighted by Crippen LogP contribution is -2.14. The van der Waals surface area contributed by atoms with Crippen LogP contribution in [0.15, 0.2) is 36.4 Å². The third-order valence-corrected chi connectivity index (χ3v) is 5.96. The van der Waals surface area contributed by atoms with E-state index in [1.165, 1.54) is 51.4 Å². The number of unbranched alkanes of at least 4 members (excludes halogenated alkanes) is 2. The highest BCUT2D eigenvalue weighted by atomic mass is 16.5. The maximum absolute atomic E-state index is 12.1. The first-order valence-electron chi connectivity index (χ1n) is 11.7. The molecule has 1 aliphatic rings. The lowest BCUT2D eigenvalue weighted by atomic mass is 9.79. The highest BCUT2D eigenvalue weighted by Crippen LogP contribution is 2.32. The molecule has 2 rings (SSSR count). The molecule has 0 saturated heterocycles. The molecular weight excluding hydrogens is 360 g/mol. The Kier molecular flexibility index (Phi) is 10.9. The lowest BCUT2D eigenvalue weighted by molar-refractivity contribution is 0.0323. The summed E-state index contributed by atoms with van der Waals surface area (Å²) in [4.78, 5) is 12.1. The van der Waals surface area contributed by atoms with Gasteiger partial charge in [0.15, 0.2) is 0 Å². The minimum absolute atomic E-state index is 0.0417. The van der Waals surface area contributed by atoms with Crippen LogP contribution in [-0.2, 0) is 4.74 Å². The fraction of sp³-hybridized carbons (Fsp3) is 0.654. The number of benzene rings is 1. The molecule has 0 aliphatic heterocycles. The molecule has 1 unspecified atom stereocenters. The summed E-state index contributed by atoms with van der Waals surface area (Å²) in [7, 11) is 0. The second kappa shape index (κ2) is 13.5. The van der Waals surface area contributed by atoms with Gasteiger partial charge in [0.25, 0.3) is 0 Å². The van der Waals surface area contributed by atoms with Gasteiger partial charge in [-0.1, -0.05) is 58.1 Å². The number of hydrogen-bond donors (Lipinski definition) is 0. The molecule has 1 fully saturated rings. The molecule has 1 saturated carbocycles. The summed E-state index contributed by atoms with van der Waals surface area (Å²) < 4.78 is 11.2. The van der Waals surface area contributed by atoms with Gasteiger partial charge in [0, 0.05) is 0 Å². The van der Waals surface area contributed by atoms with Crippen LogP contribution in [0.2, 0.25) is 0 Å². The molecule has 0 radical (unpaired) electrons. The second-order valence-corrected chi connectivity index (χ2v) is 8.54. The summed E-state index contributed by atoms with van der Waals surface area (Å²) in [6.07, 6.45) is 17.3. The van der Waals surface area contributed by atoms with Gasteiger partial charge in [0.05, 0.1) is 11.7 Å². The van der Waals surface area contributed by atoms with E-state index in [2.05, 4.69) is 26.0 Å². The van der Waals surface area contributed by atoms with Gasteiger partial charge in [-0.15, -0.1) is 0 Å². The number of carbonyl (C=O) groups excluding carboxylic acids is 1. The first-order chi connectivity index (χ1) is 14.1. The van der Waals surface area contributed by atoms with Gasteiger partial charge in [-0.05, 0) is 75.1 Å². The van der Waals surface area contributed by atoms with Gasteiger partial charge in [-0.25, -0.2) is 4.79 Å². The van der Waals surface area contributed by atoms with Crippen LogP contribution < -0.4 is 4.74 Å². The van der Waals surface area contributed by atoms with E-state index in [1.54, 1.807) is 12.1 Å². The maximum atomic E-state index is 12.1. The van der Waals surface area contributed by atoms with Crippen LogP contribution in [0.3, 0.4) is 0 Å². The van der Waals surface area contributed by atoms with Crippen molar-refractivity contribution in [2.75, 3.05) is 6.61 Å². The van der Waals surface area contributed by atoms with Crippen LogP contribution >= 0.6 is 0 Å². The van der Waals surface area contributed by atoms with Crippen molar-refractivity contribution < 1.29 is 14.3 Å². The molecule has 162 valence electrons. The second-order valence-electron chi connectivity index (χ2n) is 8.54. The molecule has 0 heterocycles. The number of esters is 1. The van der Waals surface area contributed by atoms with E-state index < -0.39 is 0 Å². The van der Waals surface area contributed by atoms with E-state index in [9.17, 15) is 4.79 Å². The standard InChI is InChI=1S/C26H40O3/c1-4-6-7-10-22-12-14-23(15-13-22)11-8-20-28-25-18-16-24(17-19-25)26(27)29-21(3)9-5-2/h8,11,16-19,21-23H,4-7,9-10,12-15,20H2,1-3H3/b11-8+. The maximum Gasteiger partial charge on any atom is 0.338 e. The number of rotatable bonds is 12. The van der Waals surface area contributed by atoms with Gasteiger partial charge < -0.3 is 9.47 Å². The number of ether oxygens (including phenoxy) is 2. The van der Waals surface area contributed by atoms with Crippen LogP contribution in [0.4, 0.5) is 0 Å². The molecule has 0 amide bonds. The lowest BCUT2D eigenvalue weighted by Gasteiger charge is -2.26. The topological polar surface area (TPSA) is 35.5 Å². The van der Waals surface area contributed by atoms with E-state index >= 15 is 0 Å². The van der Waals surface area contributed by atoms with Crippen molar-refractivity contribution in [1.29, 1.82) is 0 Å². The normalized spacial score (nSPS) is 20.5. The summed E-state index contributed by atoms with van der Waals surface area (Å²) in [6, 6.07) is 7.24. The quantitative estimate of drug-likeness (QED) is 0.209. The Labute approximate surface area is 177 Å².